The molecule has 1 aromatic heterocycles. The molecule has 3 rings (SSSR count). The predicted octanol–water partition coefficient (Wildman–Crippen LogP) is 1.68. The van der Waals surface area contributed by atoms with Gasteiger partial charge in [0.1, 0.15) is 5.03 Å². The van der Waals surface area contributed by atoms with E-state index in [2.05, 4.69) is 19.9 Å². The lowest BCUT2D eigenvalue weighted by Crippen LogP contribution is -2.22. The van der Waals surface area contributed by atoms with Crippen molar-refractivity contribution in [2.45, 2.75) is 17.4 Å². The summed E-state index contributed by atoms with van der Waals surface area (Å²) < 4.78 is 8.81. The minimum absolute atomic E-state index is 0.671. The lowest BCUT2D eigenvalue weighted by molar-refractivity contribution is 0.342. The van der Waals surface area contributed by atoms with Gasteiger partial charge >= 0.3 is 0 Å². The van der Waals surface area contributed by atoms with Gasteiger partial charge in [0.05, 0.1) is 17.4 Å². The van der Waals surface area contributed by atoms with Crippen LogP contribution >= 0.6 is 23.5 Å². The Morgan fingerprint density at radius 1 is 1.43 bits per heavy atom. The van der Waals surface area contributed by atoms with E-state index in [-0.39, 0.29) is 0 Å². The van der Waals surface area contributed by atoms with Crippen molar-refractivity contribution in [1.82, 2.24) is 13.6 Å². The molecule has 1 aromatic rings. The highest BCUT2D eigenvalue weighted by Gasteiger charge is 2.40. The molecule has 0 spiro atoms. The second kappa shape index (κ2) is 3.47. The molecule has 2 saturated heterocycles. The van der Waals surface area contributed by atoms with Gasteiger partial charge in [0.15, 0.2) is 0 Å². The third-order valence-electron chi connectivity index (χ3n) is 3.36. The average molecular weight is 227 g/mol. The van der Waals surface area contributed by atoms with E-state index in [0.717, 1.165) is 10.9 Å². The number of piperidine rings is 1. The first kappa shape index (κ1) is 9.12. The van der Waals surface area contributed by atoms with Crippen molar-refractivity contribution in [3.8, 4) is 0 Å². The van der Waals surface area contributed by atoms with Crippen LogP contribution < -0.4 is 0 Å². The number of hydrogen-bond donors (Lipinski definition) is 0. The fourth-order valence-corrected chi connectivity index (χ4v) is 4.03. The SMILES string of the molecule is CSc1nsnc1C1CN2CCC1C2. The Labute approximate surface area is 92.2 Å². The molecule has 0 saturated carbocycles. The highest BCUT2D eigenvalue weighted by molar-refractivity contribution is 7.98. The van der Waals surface area contributed by atoms with Crippen LogP contribution in [-0.2, 0) is 0 Å². The van der Waals surface area contributed by atoms with Crippen LogP contribution in [0, 0.1) is 5.92 Å². The molecular weight excluding hydrogens is 214 g/mol. The first-order valence-corrected chi connectivity index (χ1v) is 6.93. The molecule has 2 fully saturated rings. The summed E-state index contributed by atoms with van der Waals surface area (Å²) >= 11 is 3.10. The van der Waals surface area contributed by atoms with Crippen LogP contribution in [0.15, 0.2) is 5.03 Å². The van der Waals surface area contributed by atoms with Crippen molar-refractivity contribution in [1.29, 1.82) is 0 Å². The fourth-order valence-electron chi connectivity index (χ4n) is 2.65. The van der Waals surface area contributed by atoms with Crippen molar-refractivity contribution in [3.05, 3.63) is 5.69 Å². The molecule has 76 valence electrons. The van der Waals surface area contributed by atoms with Crippen molar-refractivity contribution < 1.29 is 0 Å². The van der Waals surface area contributed by atoms with Crippen LogP contribution in [0.25, 0.3) is 0 Å². The summed E-state index contributed by atoms with van der Waals surface area (Å²) in [5.41, 5.74) is 1.27. The third-order valence-corrected chi connectivity index (χ3v) is 4.70. The van der Waals surface area contributed by atoms with E-state index in [1.165, 1.54) is 43.5 Å². The normalized spacial score (nSPS) is 35.4. The van der Waals surface area contributed by atoms with Gasteiger partial charge in [0.2, 0.25) is 0 Å². The standard InChI is InChI=1S/C9H13N3S2/c1-13-9-8(10-14-11-9)7-5-12-3-2-6(7)4-12/h6-7H,2-5H2,1H3. The maximum absolute atomic E-state index is 4.47. The van der Waals surface area contributed by atoms with Gasteiger partial charge in [-0.1, -0.05) is 0 Å². The molecule has 0 aliphatic carbocycles. The fraction of sp³-hybridized carbons (Fsp3) is 0.778. The Morgan fingerprint density at radius 3 is 3.00 bits per heavy atom. The molecule has 3 unspecified atom stereocenters. The van der Waals surface area contributed by atoms with E-state index in [1.54, 1.807) is 11.8 Å². The number of hydrogen-bond acceptors (Lipinski definition) is 5. The molecule has 3 heterocycles. The summed E-state index contributed by atoms with van der Waals surface area (Å²) in [6.45, 7) is 3.80. The second-order valence-electron chi connectivity index (χ2n) is 4.07. The van der Waals surface area contributed by atoms with Gasteiger partial charge in [-0.25, -0.2) is 0 Å². The molecule has 0 radical (unpaired) electrons. The van der Waals surface area contributed by atoms with Crippen LogP contribution in [-0.4, -0.2) is 39.5 Å². The molecule has 3 atom stereocenters. The summed E-state index contributed by atoms with van der Waals surface area (Å²) in [5, 5.41) is 1.16. The molecule has 5 heteroatoms. The highest BCUT2D eigenvalue weighted by atomic mass is 32.2. The average Bonchev–Trinajstić information content (AvgIpc) is 2.92. The van der Waals surface area contributed by atoms with Gasteiger partial charge in [-0.05, 0) is 25.1 Å². The van der Waals surface area contributed by atoms with Crippen molar-refractivity contribution in [3.63, 3.8) is 0 Å². The summed E-state index contributed by atoms with van der Waals surface area (Å²) in [6, 6.07) is 0. The second-order valence-corrected chi connectivity index (χ2v) is 5.40. The summed E-state index contributed by atoms with van der Waals surface area (Å²) in [5.74, 6) is 1.52. The zero-order valence-electron chi connectivity index (χ0n) is 8.14. The first-order chi connectivity index (χ1) is 6.88. The topological polar surface area (TPSA) is 29.0 Å². The molecule has 0 aromatic carbocycles. The van der Waals surface area contributed by atoms with E-state index < -0.39 is 0 Å². The van der Waals surface area contributed by atoms with Gasteiger partial charge in [-0.2, -0.15) is 8.75 Å². The van der Waals surface area contributed by atoms with Gasteiger partial charge < -0.3 is 4.90 Å². The minimum Gasteiger partial charge on any atom is -0.302 e. The van der Waals surface area contributed by atoms with E-state index >= 15 is 0 Å². The third kappa shape index (κ3) is 1.30. The Bertz CT molecular complexity index is 339. The Morgan fingerprint density at radius 2 is 2.36 bits per heavy atom. The maximum atomic E-state index is 4.47. The molecular formula is C9H13N3S2. The van der Waals surface area contributed by atoms with Crippen LogP contribution in [0.5, 0.6) is 0 Å². The van der Waals surface area contributed by atoms with Gasteiger partial charge in [0, 0.05) is 19.0 Å². The van der Waals surface area contributed by atoms with Crippen molar-refractivity contribution >= 4 is 23.5 Å². The molecule has 0 N–H and O–H groups in total. The van der Waals surface area contributed by atoms with E-state index in [4.69, 9.17) is 0 Å². The van der Waals surface area contributed by atoms with Crippen LogP contribution in [0.1, 0.15) is 18.0 Å². The smallest absolute Gasteiger partial charge is 0.133 e. The molecule has 2 aliphatic rings. The van der Waals surface area contributed by atoms with Crippen molar-refractivity contribution in [2.75, 3.05) is 25.9 Å². The minimum atomic E-state index is 0.671. The van der Waals surface area contributed by atoms with Gasteiger partial charge in [0.25, 0.3) is 0 Å². The summed E-state index contributed by atoms with van der Waals surface area (Å²) in [6.07, 6.45) is 3.45. The van der Waals surface area contributed by atoms with Crippen LogP contribution in [0.3, 0.4) is 0 Å². The molecule has 3 nitrogen and oxygen atoms in total. The largest absolute Gasteiger partial charge is 0.302 e. The quantitative estimate of drug-likeness (QED) is 0.719. The van der Waals surface area contributed by atoms with E-state index in [0.29, 0.717) is 5.92 Å². The zero-order valence-corrected chi connectivity index (χ0v) is 9.77. The predicted molar refractivity (Wildman–Crippen MR) is 59.0 cm³/mol. The molecule has 2 aliphatic heterocycles. The summed E-state index contributed by atoms with van der Waals surface area (Å²) in [7, 11) is 0. The first-order valence-electron chi connectivity index (χ1n) is 4.97. The number of aromatic nitrogens is 2. The Balaban J connectivity index is 1.89. The van der Waals surface area contributed by atoms with Gasteiger partial charge in [-0.15, -0.1) is 11.8 Å². The van der Waals surface area contributed by atoms with Crippen LogP contribution in [0.2, 0.25) is 0 Å². The number of fused-ring (bicyclic) bond motifs is 2. The number of rotatable bonds is 2. The Hall–Kier alpha value is -0.130. The van der Waals surface area contributed by atoms with E-state index in [9.17, 15) is 0 Å². The number of nitrogens with zero attached hydrogens (tertiary/aromatic N) is 3. The highest BCUT2D eigenvalue weighted by Crippen LogP contribution is 2.41. The van der Waals surface area contributed by atoms with Crippen molar-refractivity contribution in [2.24, 2.45) is 5.92 Å². The summed E-state index contributed by atoms with van der Waals surface area (Å²) in [4.78, 5) is 2.55. The number of thioether (sulfide) groups is 1. The molecule has 14 heavy (non-hydrogen) atoms. The zero-order chi connectivity index (χ0) is 9.54. The molecule has 2 bridgehead atoms. The Kier molecular flexibility index (Phi) is 2.26. The van der Waals surface area contributed by atoms with Crippen LogP contribution in [0.4, 0.5) is 0 Å². The maximum Gasteiger partial charge on any atom is 0.133 e. The lowest BCUT2D eigenvalue weighted by Gasteiger charge is -2.20. The molecule has 0 amide bonds. The van der Waals surface area contributed by atoms with Gasteiger partial charge in [-0.3, -0.25) is 0 Å². The monoisotopic (exact) mass is 227 g/mol. The lowest BCUT2D eigenvalue weighted by atomic mass is 9.90. The van der Waals surface area contributed by atoms with E-state index in [1.807, 2.05) is 0 Å².